The van der Waals surface area contributed by atoms with E-state index in [1.165, 1.54) is 12.8 Å². The number of hydrogen-bond donors (Lipinski definition) is 1. The Morgan fingerprint density at radius 3 is 2.54 bits per heavy atom. The fourth-order valence-corrected chi connectivity index (χ4v) is 1.80. The molecule has 0 radical (unpaired) electrons. The van der Waals surface area contributed by atoms with Crippen LogP contribution in [0.2, 0.25) is 0 Å². The Labute approximate surface area is 78.1 Å². The van der Waals surface area contributed by atoms with Crippen LogP contribution in [0.3, 0.4) is 0 Å². The van der Waals surface area contributed by atoms with E-state index in [0.29, 0.717) is 0 Å². The maximum absolute atomic E-state index is 10.6. The molecule has 74 valence electrons. The van der Waals surface area contributed by atoms with Crippen LogP contribution in [0.25, 0.3) is 0 Å². The zero-order valence-electron chi connectivity index (χ0n) is 7.79. The monoisotopic (exact) mass is 184 g/mol. The Morgan fingerprint density at radius 1 is 1.46 bits per heavy atom. The van der Waals surface area contributed by atoms with Gasteiger partial charge in [0.25, 0.3) is 0 Å². The fraction of sp³-hybridized carbons (Fsp3) is 0.900. The zero-order chi connectivity index (χ0) is 9.31. The first-order chi connectivity index (χ1) is 6.20. The van der Waals surface area contributed by atoms with Gasteiger partial charge in [-0.05, 0) is 38.0 Å². The standard InChI is InChI=1S/C10H16O3/c11-9(12)6-10(4-1-5-10)13-7-8-2-3-8/h8H,1-7H2,(H,11,12). The van der Waals surface area contributed by atoms with Gasteiger partial charge in [0.2, 0.25) is 0 Å². The van der Waals surface area contributed by atoms with E-state index in [2.05, 4.69) is 0 Å². The molecule has 0 aromatic heterocycles. The Bertz CT molecular complexity index is 204. The maximum atomic E-state index is 10.6. The van der Waals surface area contributed by atoms with E-state index in [4.69, 9.17) is 9.84 Å². The van der Waals surface area contributed by atoms with E-state index in [9.17, 15) is 4.79 Å². The van der Waals surface area contributed by atoms with Gasteiger partial charge in [0.1, 0.15) is 0 Å². The second-order valence-corrected chi connectivity index (χ2v) is 4.36. The number of carbonyl (C=O) groups is 1. The number of ether oxygens (including phenoxy) is 1. The molecule has 2 fully saturated rings. The molecule has 0 heterocycles. The van der Waals surface area contributed by atoms with Crippen LogP contribution in [0.1, 0.15) is 38.5 Å². The largest absolute Gasteiger partial charge is 0.481 e. The molecule has 0 aromatic carbocycles. The molecular formula is C10H16O3. The second-order valence-electron chi connectivity index (χ2n) is 4.36. The number of carboxylic acids is 1. The van der Waals surface area contributed by atoms with Gasteiger partial charge in [-0.1, -0.05) is 0 Å². The van der Waals surface area contributed by atoms with Crippen molar-refractivity contribution >= 4 is 5.97 Å². The molecule has 0 amide bonds. The van der Waals surface area contributed by atoms with Crippen LogP contribution in [0.15, 0.2) is 0 Å². The van der Waals surface area contributed by atoms with Gasteiger partial charge in [-0.2, -0.15) is 0 Å². The summed E-state index contributed by atoms with van der Waals surface area (Å²) in [5, 5.41) is 8.71. The van der Waals surface area contributed by atoms with E-state index < -0.39 is 5.97 Å². The third kappa shape index (κ3) is 2.21. The molecule has 3 nitrogen and oxygen atoms in total. The molecule has 0 spiro atoms. The maximum Gasteiger partial charge on any atom is 0.306 e. The highest BCUT2D eigenvalue weighted by molar-refractivity contribution is 5.68. The molecular weight excluding hydrogens is 168 g/mol. The zero-order valence-corrected chi connectivity index (χ0v) is 7.79. The summed E-state index contributed by atoms with van der Waals surface area (Å²) in [6, 6.07) is 0. The highest BCUT2D eigenvalue weighted by Crippen LogP contribution is 2.41. The minimum absolute atomic E-state index is 0.194. The normalized spacial score (nSPS) is 25.2. The first-order valence-corrected chi connectivity index (χ1v) is 5.06. The Hall–Kier alpha value is -0.570. The Morgan fingerprint density at radius 2 is 2.15 bits per heavy atom. The molecule has 0 aromatic rings. The average molecular weight is 184 g/mol. The molecule has 1 N–H and O–H groups in total. The van der Waals surface area contributed by atoms with Gasteiger partial charge in [0.05, 0.1) is 18.6 Å². The van der Waals surface area contributed by atoms with E-state index >= 15 is 0 Å². The number of carboxylic acid groups (broad SMARTS) is 1. The number of hydrogen-bond acceptors (Lipinski definition) is 2. The molecule has 0 aliphatic heterocycles. The first kappa shape index (κ1) is 9.00. The predicted molar refractivity (Wildman–Crippen MR) is 47.5 cm³/mol. The van der Waals surface area contributed by atoms with Crippen molar-refractivity contribution in [3.05, 3.63) is 0 Å². The summed E-state index contributed by atoms with van der Waals surface area (Å²) in [5.74, 6) is 0.00164. The van der Waals surface area contributed by atoms with Gasteiger partial charge in [0.15, 0.2) is 0 Å². The van der Waals surface area contributed by atoms with Crippen molar-refractivity contribution in [2.45, 2.75) is 44.1 Å². The van der Waals surface area contributed by atoms with Gasteiger partial charge < -0.3 is 9.84 Å². The summed E-state index contributed by atoms with van der Waals surface area (Å²) >= 11 is 0. The van der Waals surface area contributed by atoms with Gasteiger partial charge >= 0.3 is 5.97 Å². The lowest BCUT2D eigenvalue weighted by molar-refractivity contribution is -0.155. The highest BCUT2D eigenvalue weighted by Gasteiger charge is 2.41. The minimum atomic E-state index is -0.726. The van der Waals surface area contributed by atoms with Crippen molar-refractivity contribution < 1.29 is 14.6 Å². The predicted octanol–water partition coefficient (Wildman–Crippen LogP) is 1.81. The lowest BCUT2D eigenvalue weighted by Gasteiger charge is -2.40. The van der Waals surface area contributed by atoms with Crippen LogP contribution in [-0.2, 0) is 9.53 Å². The van der Waals surface area contributed by atoms with Crippen LogP contribution < -0.4 is 0 Å². The molecule has 2 aliphatic rings. The second kappa shape index (κ2) is 3.29. The van der Waals surface area contributed by atoms with Crippen molar-refractivity contribution in [1.29, 1.82) is 0 Å². The SMILES string of the molecule is O=C(O)CC1(OCC2CC2)CCC1. The van der Waals surface area contributed by atoms with E-state index in [0.717, 1.165) is 31.8 Å². The number of aliphatic carboxylic acids is 1. The molecule has 0 saturated heterocycles. The van der Waals surface area contributed by atoms with Crippen molar-refractivity contribution in [2.24, 2.45) is 5.92 Å². The highest BCUT2D eigenvalue weighted by atomic mass is 16.5. The van der Waals surface area contributed by atoms with Crippen molar-refractivity contribution in [3.63, 3.8) is 0 Å². The summed E-state index contributed by atoms with van der Waals surface area (Å²) in [7, 11) is 0. The molecule has 3 heteroatoms. The quantitative estimate of drug-likeness (QED) is 0.708. The van der Waals surface area contributed by atoms with Crippen molar-refractivity contribution in [1.82, 2.24) is 0 Å². The lowest BCUT2D eigenvalue weighted by atomic mass is 9.77. The van der Waals surface area contributed by atoms with Crippen LogP contribution in [-0.4, -0.2) is 23.3 Å². The molecule has 0 bridgehead atoms. The van der Waals surface area contributed by atoms with Crippen molar-refractivity contribution in [3.8, 4) is 0 Å². The topological polar surface area (TPSA) is 46.5 Å². The summed E-state index contributed by atoms with van der Waals surface area (Å²) in [6.07, 6.45) is 5.72. The average Bonchev–Trinajstić information content (AvgIpc) is 2.76. The Kier molecular flexibility index (Phi) is 2.28. The molecule has 13 heavy (non-hydrogen) atoms. The van der Waals surface area contributed by atoms with Gasteiger partial charge in [0, 0.05) is 0 Å². The first-order valence-electron chi connectivity index (χ1n) is 5.06. The van der Waals surface area contributed by atoms with E-state index in [-0.39, 0.29) is 12.0 Å². The summed E-state index contributed by atoms with van der Waals surface area (Å²) in [4.78, 5) is 10.6. The summed E-state index contributed by atoms with van der Waals surface area (Å²) in [5.41, 5.74) is -0.283. The molecule has 2 rings (SSSR count). The molecule has 2 aliphatic carbocycles. The van der Waals surface area contributed by atoms with Crippen LogP contribution in [0.5, 0.6) is 0 Å². The molecule has 2 saturated carbocycles. The molecule has 0 atom stereocenters. The van der Waals surface area contributed by atoms with Crippen LogP contribution in [0, 0.1) is 5.92 Å². The summed E-state index contributed by atoms with van der Waals surface area (Å²) in [6.45, 7) is 0.785. The lowest BCUT2D eigenvalue weighted by Crippen LogP contribution is -2.42. The van der Waals surface area contributed by atoms with Crippen LogP contribution in [0.4, 0.5) is 0 Å². The van der Waals surface area contributed by atoms with Gasteiger partial charge in [-0.25, -0.2) is 0 Å². The van der Waals surface area contributed by atoms with Crippen molar-refractivity contribution in [2.75, 3.05) is 6.61 Å². The third-order valence-corrected chi connectivity index (χ3v) is 3.06. The van der Waals surface area contributed by atoms with Crippen LogP contribution >= 0.6 is 0 Å². The fourth-order valence-electron chi connectivity index (χ4n) is 1.80. The third-order valence-electron chi connectivity index (χ3n) is 3.06. The van der Waals surface area contributed by atoms with E-state index in [1.54, 1.807) is 0 Å². The summed E-state index contributed by atoms with van der Waals surface area (Å²) < 4.78 is 5.72. The number of rotatable bonds is 5. The minimum Gasteiger partial charge on any atom is -0.481 e. The molecule has 0 unspecified atom stereocenters. The van der Waals surface area contributed by atoms with Gasteiger partial charge in [-0.15, -0.1) is 0 Å². The van der Waals surface area contributed by atoms with E-state index in [1.807, 2.05) is 0 Å². The Balaban J connectivity index is 1.78. The smallest absolute Gasteiger partial charge is 0.306 e. The van der Waals surface area contributed by atoms with Gasteiger partial charge in [-0.3, -0.25) is 4.79 Å².